The van der Waals surface area contributed by atoms with Crippen molar-refractivity contribution in [3.05, 3.63) is 211 Å². The zero-order valence-electron chi connectivity index (χ0n) is 38.8. The van der Waals surface area contributed by atoms with Crippen molar-refractivity contribution in [1.29, 1.82) is 0 Å². The Labute approximate surface area is 395 Å². The zero-order valence-corrected chi connectivity index (χ0v) is 38.8. The van der Waals surface area contributed by atoms with E-state index in [2.05, 4.69) is 193 Å². The first-order valence-electron chi connectivity index (χ1n) is 23.5. The summed E-state index contributed by atoms with van der Waals surface area (Å²) in [5, 5.41) is 4.69. The van der Waals surface area contributed by atoms with Gasteiger partial charge < -0.3 is 19.1 Å². The van der Waals surface area contributed by atoms with Crippen LogP contribution in [0.2, 0.25) is 0 Å². The van der Waals surface area contributed by atoms with Crippen molar-refractivity contribution >= 4 is 66.4 Å². The molecule has 0 amide bonds. The molecule has 0 saturated carbocycles. The number of pyridine rings is 1. The lowest BCUT2D eigenvalue weighted by atomic mass is 9.87. The number of aryl methyl sites for hydroxylation is 1. The largest absolute Gasteiger partial charge is 0.457 e. The van der Waals surface area contributed by atoms with Gasteiger partial charge in [-0.3, -0.25) is 4.57 Å². The van der Waals surface area contributed by atoms with E-state index in [1.165, 1.54) is 33.2 Å². The van der Waals surface area contributed by atoms with Crippen LogP contribution in [0.15, 0.2) is 188 Å². The molecule has 8 aromatic carbocycles. The molecule has 0 saturated heterocycles. The van der Waals surface area contributed by atoms with Crippen molar-refractivity contribution in [1.82, 2.24) is 14.1 Å². The molecule has 0 radical (unpaired) electrons. The molecule has 0 unspecified atom stereocenters. The van der Waals surface area contributed by atoms with Crippen molar-refractivity contribution in [2.45, 2.75) is 46.5 Å². The van der Waals surface area contributed by atoms with Crippen molar-refractivity contribution in [3.63, 3.8) is 0 Å². The molecule has 1 aliphatic heterocycles. The van der Waals surface area contributed by atoms with Gasteiger partial charge in [0.2, 0.25) is 0 Å². The number of para-hydroxylation sites is 3. The number of halogens is 1. The highest BCUT2D eigenvalue weighted by molar-refractivity contribution is 6.10. The third-order valence-electron chi connectivity index (χ3n) is 13.6. The molecule has 0 spiro atoms. The lowest BCUT2D eigenvalue weighted by molar-refractivity contribution is 0.483. The summed E-state index contributed by atoms with van der Waals surface area (Å²) >= 11 is 0. The van der Waals surface area contributed by atoms with Gasteiger partial charge in [0, 0.05) is 57.3 Å². The van der Waals surface area contributed by atoms with Gasteiger partial charge in [-0.05, 0) is 132 Å². The predicted molar refractivity (Wildman–Crippen MR) is 280 cm³/mol. The summed E-state index contributed by atoms with van der Waals surface area (Å²) in [7, 11) is 0. The maximum Gasteiger partial charge on any atom is 0.137 e. The minimum absolute atomic E-state index is 0.220. The van der Waals surface area contributed by atoms with Crippen LogP contribution in [0.4, 0.5) is 27.1 Å². The van der Waals surface area contributed by atoms with E-state index in [4.69, 9.17) is 9.72 Å². The summed E-state index contributed by atoms with van der Waals surface area (Å²) in [5.41, 5.74) is 15.7. The molecule has 7 heteroatoms. The molecule has 1 aliphatic rings. The van der Waals surface area contributed by atoms with E-state index in [9.17, 15) is 4.39 Å². The fourth-order valence-corrected chi connectivity index (χ4v) is 10.5. The summed E-state index contributed by atoms with van der Waals surface area (Å²) in [6.45, 7) is 11.8. The predicted octanol–water partition coefficient (Wildman–Crippen LogP) is 16.7. The molecule has 0 fully saturated rings. The quantitative estimate of drug-likeness (QED) is 0.145. The first-order chi connectivity index (χ1) is 33.2. The Morgan fingerprint density at radius 3 is 1.72 bits per heavy atom. The minimum atomic E-state index is -0.232. The molecule has 0 bridgehead atoms. The van der Waals surface area contributed by atoms with Gasteiger partial charge in [0.05, 0.1) is 39.1 Å². The van der Waals surface area contributed by atoms with E-state index in [1.807, 2.05) is 36.5 Å². The lowest BCUT2D eigenvalue weighted by Gasteiger charge is -2.30. The molecule has 0 aliphatic carbocycles. The Morgan fingerprint density at radius 1 is 0.485 bits per heavy atom. The van der Waals surface area contributed by atoms with Gasteiger partial charge in [-0.1, -0.05) is 107 Å². The van der Waals surface area contributed by atoms with Crippen molar-refractivity contribution < 1.29 is 9.13 Å². The lowest BCUT2D eigenvalue weighted by Crippen LogP contribution is -2.26. The number of nitrogens with zero attached hydrogens (tertiary/aromatic N) is 5. The van der Waals surface area contributed by atoms with Gasteiger partial charge in [-0.2, -0.15) is 0 Å². The van der Waals surface area contributed by atoms with E-state index in [1.54, 1.807) is 12.1 Å². The second kappa shape index (κ2) is 16.3. The molecule has 332 valence electrons. The Balaban J connectivity index is 1.04. The first-order valence-corrected chi connectivity index (χ1v) is 23.5. The minimum Gasteiger partial charge on any atom is -0.457 e. The van der Waals surface area contributed by atoms with Crippen LogP contribution in [-0.4, -0.2) is 20.8 Å². The molecule has 11 aromatic rings. The van der Waals surface area contributed by atoms with Crippen LogP contribution in [-0.2, 0) is 0 Å². The van der Waals surface area contributed by atoms with Crippen LogP contribution >= 0.6 is 0 Å². The molecular weight excluding hydrogens is 838 g/mol. The van der Waals surface area contributed by atoms with E-state index < -0.39 is 0 Å². The highest BCUT2D eigenvalue weighted by atomic mass is 19.1. The van der Waals surface area contributed by atoms with E-state index in [0.717, 1.165) is 84.0 Å². The van der Waals surface area contributed by atoms with E-state index >= 15 is 0 Å². The summed E-state index contributed by atoms with van der Waals surface area (Å²) in [6, 6.07) is 63.2. The van der Waals surface area contributed by atoms with Gasteiger partial charge in [0.25, 0.3) is 0 Å². The number of rotatable bonds is 9. The third-order valence-corrected chi connectivity index (χ3v) is 13.6. The second-order valence-electron chi connectivity index (χ2n) is 18.7. The van der Waals surface area contributed by atoms with Crippen LogP contribution in [0.25, 0.3) is 66.2 Å². The smallest absolute Gasteiger partial charge is 0.137 e. The Morgan fingerprint density at radius 2 is 1.09 bits per heavy atom. The molecule has 0 N–H and O–H groups in total. The molecule has 3 aromatic heterocycles. The Hall–Kier alpha value is -8.16. The van der Waals surface area contributed by atoms with Crippen molar-refractivity contribution in [2.24, 2.45) is 0 Å². The van der Waals surface area contributed by atoms with Gasteiger partial charge in [-0.15, -0.1) is 0 Å². The van der Waals surface area contributed by atoms with Crippen LogP contribution < -0.4 is 14.5 Å². The molecule has 12 rings (SSSR count). The molecule has 4 heterocycles. The van der Waals surface area contributed by atoms with Crippen molar-refractivity contribution in [2.75, 3.05) is 16.5 Å². The topological polar surface area (TPSA) is 38.5 Å². The summed E-state index contributed by atoms with van der Waals surface area (Å²) < 4.78 is 25.9. The number of hydrogen-bond donors (Lipinski definition) is 0. The van der Waals surface area contributed by atoms with Crippen LogP contribution in [0.5, 0.6) is 11.5 Å². The SMILES string of the molecule is Cc1ccc2c(c1)N(c1c(C(C)C)cc(-c3ccc(F)cc3)cc1C(C)C)CN2c1cc(Oc2ccc3c4ccccc4n(-c4ccccn4)c3c2)cc(-n2c3ccccc3c3ccccc32)c1. The van der Waals surface area contributed by atoms with Gasteiger partial charge in [-0.25, -0.2) is 9.37 Å². The zero-order chi connectivity index (χ0) is 46.2. The summed E-state index contributed by atoms with van der Waals surface area (Å²) in [6.07, 6.45) is 1.84. The number of hydrogen-bond acceptors (Lipinski definition) is 4. The Bertz CT molecular complexity index is 3650. The van der Waals surface area contributed by atoms with Gasteiger partial charge in [0.15, 0.2) is 0 Å². The van der Waals surface area contributed by atoms with E-state index in [0.29, 0.717) is 6.67 Å². The summed E-state index contributed by atoms with van der Waals surface area (Å²) in [4.78, 5) is 9.73. The van der Waals surface area contributed by atoms with Crippen LogP contribution in [0, 0.1) is 12.7 Å². The summed E-state index contributed by atoms with van der Waals surface area (Å²) in [5.74, 6) is 2.51. The average Bonchev–Trinajstić information content (AvgIpc) is 4.01. The number of ether oxygens (including phenoxy) is 1. The highest BCUT2D eigenvalue weighted by Gasteiger charge is 2.33. The van der Waals surface area contributed by atoms with Gasteiger partial charge in [0.1, 0.15) is 29.8 Å². The number of aromatic nitrogens is 3. The molecule has 0 atom stereocenters. The molecular formula is C61H50FN5O. The first kappa shape index (κ1) is 41.3. The fraction of sp³-hybridized carbons (Fsp3) is 0.131. The van der Waals surface area contributed by atoms with E-state index in [-0.39, 0.29) is 17.7 Å². The van der Waals surface area contributed by atoms with Crippen LogP contribution in [0.1, 0.15) is 56.2 Å². The standard InChI is InChI=1S/C61H50FN5O/c1-38(2)52-31-42(41-22-24-43(62)25-23-41)32-53(39(3)4)61(52)65-37-64(57-28-21-40(5)30-59(57)65)44-33-45(66-54-17-9-6-14-48(54)49-15-7-10-18-55(49)66)35-47(34-44)68-46-26-27-51-50-16-8-11-19-56(50)67(58(51)36-46)60-20-12-13-29-63-60/h6-36,38-39H,37H2,1-5H3. The van der Waals surface area contributed by atoms with Gasteiger partial charge >= 0.3 is 0 Å². The normalized spacial score (nSPS) is 12.7. The fourth-order valence-electron chi connectivity index (χ4n) is 10.5. The molecule has 68 heavy (non-hydrogen) atoms. The maximum absolute atomic E-state index is 14.2. The third kappa shape index (κ3) is 6.88. The number of anilines is 4. The maximum atomic E-state index is 14.2. The monoisotopic (exact) mass is 887 g/mol. The number of benzene rings is 8. The molecule has 6 nitrogen and oxygen atoms in total. The van der Waals surface area contributed by atoms with Crippen LogP contribution in [0.3, 0.4) is 0 Å². The Kier molecular flexibility index (Phi) is 9.91. The average molecular weight is 888 g/mol. The second-order valence-corrected chi connectivity index (χ2v) is 18.7. The van der Waals surface area contributed by atoms with Crippen molar-refractivity contribution in [3.8, 4) is 34.1 Å². The number of fused-ring (bicyclic) bond motifs is 7. The highest BCUT2D eigenvalue weighted by Crippen LogP contribution is 2.51.